The predicted molar refractivity (Wildman–Crippen MR) is 121 cm³/mol. The minimum atomic E-state index is -0.698. The van der Waals surface area contributed by atoms with E-state index in [-0.39, 0.29) is 18.4 Å². The molecule has 3 aromatic rings. The van der Waals surface area contributed by atoms with E-state index in [0.717, 1.165) is 22.5 Å². The molecule has 4 heteroatoms. The molecule has 1 fully saturated rings. The van der Waals surface area contributed by atoms with Crippen molar-refractivity contribution in [1.82, 2.24) is 0 Å². The molecule has 4 rings (SSSR count). The van der Waals surface area contributed by atoms with Crippen molar-refractivity contribution < 1.29 is 9.59 Å². The Labute approximate surface area is 177 Å². The molecule has 1 heterocycles. The average molecular weight is 399 g/mol. The number of hydrogen-bond donors (Lipinski definition) is 0. The van der Waals surface area contributed by atoms with Gasteiger partial charge in [0.1, 0.15) is 12.6 Å². The summed E-state index contributed by atoms with van der Waals surface area (Å²) in [5, 5.41) is 0. The summed E-state index contributed by atoms with van der Waals surface area (Å²) in [6, 6.07) is 24.5. The Morgan fingerprint density at radius 2 is 1.43 bits per heavy atom. The van der Waals surface area contributed by atoms with E-state index in [1.807, 2.05) is 85.8 Å². The van der Waals surface area contributed by atoms with Crippen LogP contribution in [-0.2, 0) is 9.59 Å². The van der Waals surface area contributed by atoms with E-state index in [9.17, 15) is 9.59 Å². The molecule has 0 bridgehead atoms. The van der Waals surface area contributed by atoms with E-state index >= 15 is 0 Å². The Kier molecular flexibility index (Phi) is 5.40. The third-order valence-corrected chi connectivity index (χ3v) is 5.62. The second-order valence-corrected chi connectivity index (χ2v) is 8.08. The molecule has 152 valence electrons. The molecule has 30 heavy (non-hydrogen) atoms. The van der Waals surface area contributed by atoms with E-state index < -0.39 is 6.04 Å². The molecule has 0 aliphatic carbocycles. The maximum Gasteiger partial charge on any atom is 0.255 e. The maximum atomic E-state index is 13.7. The van der Waals surface area contributed by atoms with Crippen molar-refractivity contribution in [3.63, 3.8) is 0 Å². The summed E-state index contributed by atoms with van der Waals surface area (Å²) in [6.07, 6.45) is 0. The minimum absolute atomic E-state index is 0.0252. The SMILES string of the molecule is Cc1ccc(N2CC(=O)N(c3ccccc3)[C@@H](c3ccc(C(C)C)cc3)C2=O)cc1. The fraction of sp³-hybridized carbons (Fsp3) is 0.231. The van der Waals surface area contributed by atoms with Gasteiger partial charge in [0.15, 0.2) is 0 Å². The monoisotopic (exact) mass is 398 g/mol. The van der Waals surface area contributed by atoms with Crippen LogP contribution in [0, 0.1) is 6.92 Å². The number of hydrogen-bond acceptors (Lipinski definition) is 2. The first-order valence-electron chi connectivity index (χ1n) is 10.3. The van der Waals surface area contributed by atoms with Crippen molar-refractivity contribution in [3.05, 3.63) is 95.6 Å². The number of para-hydroxylation sites is 1. The van der Waals surface area contributed by atoms with Crippen LogP contribution in [-0.4, -0.2) is 18.4 Å². The van der Waals surface area contributed by atoms with Crippen molar-refractivity contribution in [3.8, 4) is 0 Å². The molecule has 1 atom stereocenters. The van der Waals surface area contributed by atoms with Gasteiger partial charge in [-0.15, -0.1) is 0 Å². The van der Waals surface area contributed by atoms with Crippen LogP contribution in [0.3, 0.4) is 0 Å². The first-order valence-corrected chi connectivity index (χ1v) is 10.3. The predicted octanol–water partition coefficient (Wildman–Crippen LogP) is 5.24. The first kappa shape index (κ1) is 19.9. The Morgan fingerprint density at radius 3 is 2.03 bits per heavy atom. The number of benzene rings is 3. The molecule has 1 aliphatic rings. The van der Waals surface area contributed by atoms with Crippen LogP contribution in [0.5, 0.6) is 0 Å². The van der Waals surface area contributed by atoms with E-state index in [2.05, 4.69) is 13.8 Å². The van der Waals surface area contributed by atoms with E-state index in [0.29, 0.717) is 5.92 Å². The van der Waals surface area contributed by atoms with Crippen molar-refractivity contribution in [2.75, 3.05) is 16.3 Å². The second-order valence-electron chi connectivity index (χ2n) is 8.08. The Morgan fingerprint density at radius 1 is 0.800 bits per heavy atom. The summed E-state index contributed by atoms with van der Waals surface area (Å²) in [6.45, 7) is 6.31. The first-order chi connectivity index (χ1) is 14.5. The summed E-state index contributed by atoms with van der Waals surface area (Å²) >= 11 is 0. The highest BCUT2D eigenvalue weighted by molar-refractivity contribution is 6.14. The maximum absolute atomic E-state index is 13.7. The van der Waals surface area contributed by atoms with E-state index in [1.54, 1.807) is 9.80 Å². The molecule has 1 saturated heterocycles. The molecule has 0 unspecified atom stereocenters. The summed E-state index contributed by atoms with van der Waals surface area (Å²) < 4.78 is 0. The number of anilines is 2. The van der Waals surface area contributed by atoms with Gasteiger partial charge in [-0.3, -0.25) is 14.5 Å². The molecular formula is C26H26N2O2. The minimum Gasteiger partial charge on any atom is -0.301 e. The lowest BCUT2D eigenvalue weighted by Crippen LogP contribution is -2.56. The molecule has 0 N–H and O–H groups in total. The molecule has 4 nitrogen and oxygen atoms in total. The van der Waals surface area contributed by atoms with Crippen molar-refractivity contribution in [2.24, 2.45) is 0 Å². The lowest BCUT2D eigenvalue weighted by molar-refractivity contribution is -0.128. The van der Waals surface area contributed by atoms with E-state index in [4.69, 9.17) is 0 Å². The molecule has 0 aromatic heterocycles. The molecule has 2 amide bonds. The van der Waals surface area contributed by atoms with E-state index in [1.165, 1.54) is 5.56 Å². The number of nitrogens with zero attached hydrogens (tertiary/aromatic N) is 2. The van der Waals surface area contributed by atoms with Gasteiger partial charge in [0.05, 0.1) is 0 Å². The third-order valence-electron chi connectivity index (χ3n) is 5.62. The highest BCUT2D eigenvalue weighted by atomic mass is 16.2. The van der Waals surface area contributed by atoms with Crippen molar-refractivity contribution in [1.29, 1.82) is 0 Å². The highest BCUT2D eigenvalue weighted by Gasteiger charge is 2.41. The lowest BCUT2D eigenvalue weighted by atomic mass is 9.95. The average Bonchev–Trinajstić information content (AvgIpc) is 2.76. The summed E-state index contributed by atoms with van der Waals surface area (Å²) in [5.74, 6) is 0.205. The number of rotatable bonds is 4. The number of amides is 2. The van der Waals surface area contributed by atoms with Crippen molar-refractivity contribution in [2.45, 2.75) is 32.7 Å². The molecule has 1 aliphatic heterocycles. The highest BCUT2D eigenvalue weighted by Crippen LogP contribution is 2.35. The topological polar surface area (TPSA) is 40.6 Å². The lowest BCUT2D eigenvalue weighted by Gasteiger charge is -2.40. The normalized spacial score (nSPS) is 17.0. The number of aryl methyl sites for hydroxylation is 1. The van der Waals surface area contributed by atoms with Crippen LogP contribution in [0.15, 0.2) is 78.9 Å². The number of piperazine rings is 1. The zero-order chi connectivity index (χ0) is 21.3. The van der Waals surface area contributed by atoms with Crippen LogP contribution in [0.4, 0.5) is 11.4 Å². The quantitative estimate of drug-likeness (QED) is 0.603. The van der Waals surface area contributed by atoms with Gasteiger partial charge in [-0.1, -0.05) is 74.0 Å². The van der Waals surface area contributed by atoms with Crippen LogP contribution >= 0.6 is 0 Å². The second kappa shape index (κ2) is 8.15. The largest absolute Gasteiger partial charge is 0.301 e. The van der Waals surface area contributed by atoms with Crippen LogP contribution in [0.2, 0.25) is 0 Å². The van der Waals surface area contributed by atoms with Gasteiger partial charge in [-0.2, -0.15) is 0 Å². The van der Waals surface area contributed by atoms with Crippen LogP contribution < -0.4 is 9.80 Å². The standard InChI is InChI=1S/C26H26N2O2/c1-18(2)20-11-13-21(14-12-20)25-26(30)27(22-15-9-19(3)10-16-22)17-24(29)28(25)23-7-5-4-6-8-23/h4-16,18,25H,17H2,1-3H3/t25-/m0/s1. The molecular weight excluding hydrogens is 372 g/mol. The van der Waals surface area contributed by atoms with Gasteiger partial charge < -0.3 is 4.90 Å². The van der Waals surface area contributed by atoms with Gasteiger partial charge in [0.2, 0.25) is 5.91 Å². The summed E-state index contributed by atoms with van der Waals surface area (Å²) in [7, 11) is 0. The molecule has 3 aromatic carbocycles. The molecule has 0 saturated carbocycles. The molecule has 0 spiro atoms. The smallest absolute Gasteiger partial charge is 0.255 e. The molecule has 0 radical (unpaired) electrons. The Bertz CT molecular complexity index is 1040. The number of carbonyl (C=O) groups is 2. The van der Waals surface area contributed by atoms with Gasteiger partial charge in [-0.25, -0.2) is 0 Å². The zero-order valence-electron chi connectivity index (χ0n) is 17.6. The van der Waals surface area contributed by atoms with Gasteiger partial charge >= 0.3 is 0 Å². The summed E-state index contributed by atoms with van der Waals surface area (Å²) in [4.78, 5) is 30.2. The van der Waals surface area contributed by atoms with Crippen LogP contribution in [0.25, 0.3) is 0 Å². The van der Waals surface area contributed by atoms with Crippen LogP contribution in [0.1, 0.15) is 42.5 Å². The fourth-order valence-corrected chi connectivity index (χ4v) is 3.87. The number of carbonyl (C=O) groups excluding carboxylic acids is 2. The third kappa shape index (κ3) is 3.73. The van der Waals surface area contributed by atoms with Gasteiger partial charge in [-0.05, 0) is 48.2 Å². The van der Waals surface area contributed by atoms with Gasteiger partial charge in [0, 0.05) is 11.4 Å². The van der Waals surface area contributed by atoms with Gasteiger partial charge in [0.25, 0.3) is 5.91 Å². The Balaban J connectivity index is 1.79. The zero-order valence-corrected chi connectivity index (χ0v) is 17.6. The Hall–Kier alpha value is -3.40. The van der Waals surface area contributed by atoms with Crippen molar-refractivity contribution >= 4 is 23.2 Å². The fourth-order valence-electron chi connectivity index (χ4n) is 3.87. The summed E-state index contributed by atoms with van der Waals surface area (Å²) in [5.41, 5.74) is 4.61.